The first-order valence-corrected chi connectivity index (χ1v) is 18.9. The average Bonchev–Trinajstić information content (AvgIpc) is 3.17. The number of nitrogens with zero attached hydrogens (tertiary/aromatic N) is 2. The lowest BCUT2D eigenvalue weighted by molar-refractivity contribution is -0.177. The number of anilines is 2. The molecule has 0 atom stereocenters. The van der Waals surface area contributed by atoms with Gasteiger partial charge < -0.3 is 23.8 Å². The van der Waals surface area contributed by atoms with Crippen LogP contribution in [0.25, 0.3) is 0 Å². The maximum absolute atomic E-state index is 14.2. The molecular weight excluding hydrogens is 741 g/mol. The van der Waals surface area contributed by atoms with Gasteiger partial charge in [-0.3, -0.25) is 19.6 Å². The van der Waals surface area contributed by atoms with Crippen LogP contribution in [0, 0.1) is 0 Å². The Balaban J connectivity index is 1.57. The van der Waals surface area contributed by atoms with E-state index < -0.39 is 28.0 Å². The quantitative estimate of drug-likeness (QED) is 0.0834. The van der Waals surface area contributed by atoms with Crippen LogP contribution in [0.15, 0.2) is 120 Å². The van der Waals surface area contributed by atoms with Crippen molar-refractivity contribution in [2.45, 2.75) is 44.6 Å². The Kier molecular flexibility index (Phi) is 13.1. The molecule has 14 nitrogen and oxygen atoms in total. The number of sulfonamides is 1. The number of hydrogen-bond acceptors (Lipinski definition) is 11. The van der Waals surface area contributed by atoms with Crippen LogP contribution >= 0.6 is 0 Å². The minimum Gasteiger partial charge on any atom is -0.493 e. The minimum absolute atomic E-state index is 0.0640. The third-order valence-electron chi connectivity index (χ3n) is 7.96. The fourth-order valence-electron chi connectivity index (χ4n) is 5.22. The largest absolute Gasteiger partial charge is 0.493 e. The number of para-hydroxylation sites is 2. The van der Waals surface area contributed by atoms with E-state index >= 15 is 0 Å². The van der Waals surface area contributed by atoms with Crippen molar-refractivity contribution in [1.82, 2.24) is 10.0 Å². The summed E-state index contributed by atoms with van der Waals surface area (Å²) < 4.78 is 53.7. The topological polar surface area (TPSA) is 172 Å². The predicted molar refractivity (Wildman–Crippen MR) is 208 cm³/mol. The number of hydroxylamine groups is 2. The lowest BCUT2D eigenvalue weighted by Crippen LogP contribution is -2.32. The van der Waals surface area contributed by atoms with Gasteiger partial charge >= 0.3 is 12.1 Å². The number of carbonyl (C=O) groups excluding carboxylic acids is 3. The van der Waals surface area contributed by atoms with Crippen molar-refractivity contribution < 1.29 is 46.6 Å². The Bertz CT molecular complexity index is 2250. The number of benzene rings is 4. The molecule has 0 radical (unpaired) electrons. The van der Waals surface area contributed by atoms with Crippen LogP contribution in [0.4, 0.5) is 16.3 Å². The van der Waals surface area contributed by atoms with Crippen molar-refractivity contribution in [3.05, 3.63) is 132 Å². The third-order valence-corrected chi connectivity index (χ3v) is 9.34. The van der Waals surface area contributed by atoms with Crippen LogP contribution < -0.4 is 24.2 Å². The van der Waals surface area contributed by atoms with Crippen LogP contribution in [-0.4, -0.2) is 56.8 Å². The van der Waals surface area contributed by atoms with Crippen molar-refractivity contribution in [3.63, 3.8) is 0 Å². The van der Waals surface area contributed by atoms with Gasteiger partial charge in [-0.15, -0.1) is 0 Å². The molecule has 5 rings (SSSR count). The lowest BCUT2D eigenvalue weighted by Gasteiger charge is -2.23. The highest BCUT2D eigenvalue weighted by Crippen LogP contribution is 2.44. The summed E-state index contributed by atoms with van der Waals surface area (Å²) in [6, 6.07) is 29.4. The smallest absolute Gasteiger partial charge is 0.412 e. The molecule has 292 valence electrons. The van der Waals surface area contributed by atoms with Crippen molar-refractivity contribution >= 4 is 39.5 Å². The van der Waals surface area contributed by atoms with Crippen molar-refractivity contribution in [2.75, 3.05) is 30.4 Å². The van der Waals surface area contributed by atoms with E-state index in [1.54, 1.807) is 84.9 Å². The van der Waals surface area contributed by atoms with E-state index in [-0.39, 0.29) is 64.4 Å². The molecule has 0 saturated heterocycles. The van der Waals surface area contributed by atoms with Gasteiger partial charge in [-0.1, -0.05) is 81.4 Å². The number of pyridine rings is 1. The number of nitrogens with one attached hydrogen (secondary N) is 2. The molecule has 0 spiro atoms. The van der Waals surface area contributed by atoms with Crippen LogP contribution in [0.2, 0.25) is 0 Å². The first kappa shape index (κ1) is 40.6. The van der Waals surface area contributed by atoms with Crippen molar-refractivity contribution in [1.29, 1.82) is 0 Å². The van der Waals surface area contributed by atoms with Gasteiger partial charge in [0, 0.05) is 18.7 Å². The van der Waals surface area contributed by atoms with E-state index in [9.17, 15) is 22.8 Å². The van der Waals surface area contributed by atoms with Gasteiger partial charge in [0.25, 0.3) is 15.9 Å². The summed E-state index contributed by atoms with van der Waals surface area (Å²) >= 11 is 0. The normalized spacial score (nSPS) is 11.2. The maximum Gasteiger partial charge on any atom is 0.412 e. The summed E-state index contributed by atoms with van der Waals surface area (Å²) in [5.74, 6) is -1.08. The summed E-state index contributed by atoms with van der Waals surface area (Å²) in [4.78, 5) is 48.1. The van der Waals surface area contributed by atoms with Gasteiger partial charge in [-0.2, -0.15) is 5.06 Å². The fraction of sp³-hybridized carbons (Fsp3) is 0.220. The molecule has 1 aromatic heterocycles. The number of ether oxygens (including phenoxy) is 4. The monoisotopic (exact) mass is 782 g/mol. The van der Waals surface area contributed by atoms with Gasteiger partial charge in [-0.25, -0.2) is 18.2 Å². The average molecular weight is 783 g/mol. The molecule has 0 aliphatic heterocycles. The second kappa shape index (κ2) is 18.1. The summed E-state index contributed by atoms with van der Waals surface area (Å²) in [7, 11) is -2.89. The number of rotatable bonds is 14. The summed E-state index contributed by atoms with van der Waals surface area (Å²) in [6.45, 7) is 6.50. The Morgan fingerprint density at radius 3 is 2.12 bits per heavy atom. The molecule has 0 aliphatic rings. The zero-order valence-corrected chi connectivity index (χ0v) is 32.3. The second-order valence-corrected chi connectivity index (χ2v) is 14.9. The molecule has 0 fully saturated rings. The van der Waals surface area contributed by atoms with Gasteiger partial charge in [-0.05, 0) is 65.1 Å². The minimum atomic E-state index is -4.33. The summed E-state index contributed by atoms with van der Waals surface area (Å²) in [6.07, 6.45) is 0.705. The number of aromatic nitrogens is 1. The number of carbonyl (C=O) groups is 3. The van der Waals surface area contributed by atoms with E-state index in [1.165, 1.54) is 37.6 Å². The molecule has 15 heteroatoms. The van der Waals surface area contributed by atoms with Crippen LogP contribution in [0.5, 0.6) is 23.0 Å². The van der Waals surface area contributed by atoms with E-state index in [2.05, 4.69) is 15.0 Å². The third kappa shape index (κ3) is 11.0. The lowest BCUT2D eigenvalue weighted by atomic mass is 9.87. The van der Waals surface area contributed by atoms with E-state index in [4.69, 9.17) is 23.8 Å². The van der Waals surface area contributed by atoms with E-state index in [0.717, 1.165) is 17.6 Å². The van der Waals surface area contributed by atoms with Gasteiger partial charge in [0.1, 0.15) is 19.0 Å². The Hall–Kier alpha value is -6.61. The Morgan fingerprint density at radius 2 is 1.48 bits per heavy atom. The zero-order valence-electron chi connectivity index (χ0n) is 31.5. The van der Waals surface area contributed by atoms with Gasteiger partial charge in [0.2, 0.25) is 0 Å². The molecule has 0 saturated carbocycles. The molecular formula is C41H42N4O10S. The summed E-state index contributed by atoms with van der Waals surface area (Å²) in [5.41, 5.74) is 0.991. The first-order valence-electron chi connectivity index (χ1n) is 17.4. The van der Waals surface area contributed by atoms with Crippen molar-refractivity contribution in [2.24, 2.45) is 0 Å². The van der Waals surface area contributed by atoms with Gasteiger partial charge in [0.15, 0.2) is 23.0 Å². The predicted octanol–water partition coefficient (Wildman–Crippen LogP) is 7.73. The molecule has 5 aromatic rings. The number of hydrogen-bond donors (Lipinski definition) is 2. The maximum atomic E-state index is 14.2. The number of amides is 2. The fourth-order valence-corrected chi connectivity index (χ4v) is 6.28. The zero-order chi connectivity index (χ0) is 40.3. The molecule has 0 bridgehead atoms. The SMILES string of the molecule is COc1ccccc1Oc1c(NS(=O)(=O)c2ccc(C(C)(C)C)cc2)cc(C(=O)N(Cc2ccccc2)OC(C)=O)cc1OCCOC(=O)Nc1ccccn1. The summed E-state index contributed by atoms with van der Waals surface area (Å²) in [5, 5.41) is 3.35. The molecule has 1 heterocycles. The molecule has 0 unspecified atom stereocenters. The Labute approximate surface area is 325 Å². The molecule has 2 amide bonds. The molecule has 0 aliphatic carbocycles. The molecule has 4 aromatic carbocycles. The first-order chi connectivity index (χ1) is 26.7. The van der Waals surface area contributed by atoms with Crippen LogP contribution in [0.3, 0.4) is 0 Å². The van der Waals surface area contributed by atoms with Crippen LogP contribution in [0.1, 0.15) is 49.2 Å². The highest BCUT2D eigenvalue weighted by Gasteiger charge is 2.28. The second-order valence-electron chi connectivity index (χ2n) is 13.2. The van der Waals surface area contributed by atoms with Crippen molar-refractivity contribution in [3.8, 4) is 23.0 Å². The highest BCUT2D eigenvalue weighted by molar-refractivity contribution is 7.92. The van der Waals surface area contributed by atoms with Gasteiger partial charge in [0.05, 0.1) is 24.2 Å². The highest BCUT2D eigenvalue weighted by atomic mass is 32.2. The van der Waals surface area contributed by atoms with E-state index in [1.807, 2.05) is 20.8 Å². The number of methoxy groups -OCH3 is 1. The standard InChI is InChI=1S/C41H42N4O10S/c1-28(46)55-45(27-29-13-7-6-8-14-29)39(47)30-25-33(44-56(49,50)32-20-18-31(19-21-32)41(2,3)4)38(54-35-16-10-9-15-34(35)51-5)36(26-30)52-23-24-53-40(48)43-37-17-11-12-22-42-37/h6-22,25-26,44H,23-24,27H2,1-5H3,(H,42,43,48). The van der Waals surface area contributed by atoms with Crippen LogP contribution in [-0.2, 0) is 36.4 Å². The Morgan fingerprint density at radius 1 is 0.804 bits per heavy atom. The molecule has 56 heavy (non-hydrogen) atoms. The molecule has 2 N–H and O–H groups in total. The van der Waals surface area contributed by atoms with E-state index in [0.29, 0.717) is 11.3 Å².